The summed E-state index contributed by atoms with van der Waals surface area (Å²) in [5.74, 6) is -0.234. The van der Waals surface area contributed by atoms with E-state index in [1.807, 2.05) is 32.6 Å². The summed E-state index contributed by atoms with van der Waals surface area (Å²) in [5, 5.41) is 2.97. The molecule has 1 unspecified atom stereocenters. The first-order valence-electron chi connectivity index (χ1n) is 10.9. The van der Waals surface area contributed by atoms with Gasteiger partial charge in [0.1, 0.15) is 5.82 Å². The van der Waals surface area contributed by atoms with E-state index in [2.05, 4.69) is 5.32 Å². The number of hydrogen-bond donors (Lipinski definition) is 2. The number of benzene rings is 1. The molecule has 1 atom stereocenters. The minimum atomic E-state index is -0.281. The normalized spacial score (nSPS) is 16.3. The van der Waals surface area contributed by atoms with Crippen molar-refractivity contribution in [1.82, 2.24) is 10.2 Å². The lowest BCUT2D eigenvalue weighted by molar-refractivity contribution is -0.882. The third kappa shape index (κ3) is 8.13. The Hall–Kier alpha value is -1.95. The predicted octanol–water partition coefficient (Wildman–Crippen LogP) is 2.31. The molecule has 1 aromatic carbocycles. The van der Waals surface area contributed by atoms with Gasteiger partial charge in [0.15, 0.2) is 13.1 Å². The van der Waals surface area contributed by atoms with Crippen LogP contribution in [0.2, 0.25) is 0 Å². The van der Waals surface area contributed by atoms with Crippen molar-refractivity contribution in [2.75, 3.05) is 19.6 Å². The van der Waals surface area contributed by atoms with Gasteiger partial charge in [0.25, 0.3) is 11.8 Å². The number of carbonyl (C=O) groups excluding carboxylic acids is 2. The highest BCUT2D eigenvalue weighted by atomic mass is 19.1. The van der Waals surface area contributed by atoms with E-state index in [9.17, 15) is 14.0 Å². The van der Waals surface area contributed by atoms with Crippen LogP contribution in [0.4, 0.5) is 4.39 Å². The summed E-state index contributed by atoms with van der Waals surface area (Å²) < 4.78 is 13.3. The van der Waals surface area contributed by atoms with E-state index in [-0.39, 0.29) is 35.8 Å². The molecule has 0 spiro atoms. The number of hydrogen-bond acceptors (Lipinski definition) is 2. The highest BCUT2D eigenvalue weighted by Gasteiger charge is 2.29. The van der Waals surface area contributed by atoms with Gasteiger partial charge in [0.2, 0.25) is 0 Å². The lowest BCUT2D eigenvalue weighted by Crippen LogP contribution is -3.14. The average molecular weight is 407 g/mol. The molecule has 162 valence electrons. The van der Waals surface area contributed by atoms with Crippen LogP contribution in [-0.4, -0.2) is 47.9 Å². The second-order valence-electron chi connectivity index (χ2n) is 9.20. The van der Waals surface area contributed by atoms with Crippen LogP contribution in [0.5, 0.6) is 0 Å². The third-order valence-corrected chi connectivity index (χ3v) is 5.43. The Kier molecular flexibility index (Phi) is 8.62. The molecular weight excluding hydrogens is 369 g/mol. The molecule has 29 heavy (non-hydrogen) atoms. The molecule has 1 aliphatic carbocycles. The Labute approximate surface area is 174 Å². The number of amides is 2. The van der Waals surface area contributed by atoms with Crippen LogP contribution in [0.1, 0.15) is 65.4 Å². The first-order chi connectivity index (χ1) is 13.7. The first kappa shape index (κ1) is 23.3. The highest BCUT2D eigenvalue weighted by Crippen LogP contribution is 2.24. The van der Waals surface area contributed by atoms with Crippen LogP contribution in [0, 0.1) is 5.82 Å². The zero-order valence-electron chi connectivity index (χ0n) is 18.4. The smallest absolute Gasteiger partial charge is 0.278 e. The van der Waals surface area contributed by atoms with E-state index < -0.39 is 0 Å². The van der Waals surface area contributed by atoms with Crippen LogP contribution in [0.3, 0.4) is 0 Å². The molecule has 0 aliphatic heterocycles. The van der Waals surface area contributed by atoms with E-state index in [4.69, 9.17) is 0 Å². The molecule has 1 aromatic rings. The van der Waals surface area contributed by atoms with Crippen molar-refractivity contribution >= 4 is 11.8 Å². The lowest BCUT2D eigenvalue weighted by Gasteiger charge is -2.35. The molecule has 5 nitrogen and oxygen atoms in total. The largest absolute Gasteiger partial charge is 0.347 e. The molecule has 0 bridgehead atoms. The fourth-order valence-corrected chi connectivity index (χ4v) is 3.92. The third-order valence-electron chi connectivity index (χ3n) is 5.43. The maximum absolute atomic E-state index is 13.3. The second kappa shape index (κ2) is 10.7. The molecular formula is C23H37FN3O2+. The van der Waals surface area contributed by atoms with Gasteiger partial charge in [-0.05, 0) is 58.2 Å². The van der Waals surface area contributed by atoms with E-state index in [1.54, 1.807) is 12.1 Å². The van der Waals surface area contributed by atoms with Crippen LogP contribution in [-0.2, 0) is 16.1 Å². The number of quaternary nitrogens is 1. The zero-order valence-corrected chi connectivity index (χ0v) is 18.4. The Balaban J connectivity index is 2.06. The van der Waals surface area contributed by atoms with E-state index >= 15 is 0 Å². The topological polar surface area (TPSA) is 53.9 Å². The Morgan fingerprint density at radius 3 is 2.28 bits per heavy atom. The maximum Gasteiger partial charge on any atom is 0.278 e. The van der Waals surface area contributed by atoms with Gasteiger partial charge in [-0.2, -0.15) is 0 Å². The molecule has 2 rings (SSSR count). The van der Waals surface area contributed by atoms with Gasteiger partial charge >= 0.3 is 0 Å². The molecule has 0 radical (unpaired) electrons. The highest BCUT2D eigenvalue weighted by molar-refractivity contribution is 5.79. The van der Waals surface area contributed by atoms with E-state index in [1.165, 1.54) is 18.6 Å². The summed E-state index contributed by atoms with van der Waals surface area (Å²) >= 11 is 0. The second-order valence-corrected chi connectivity index (χ2v) is 9.20. The minimum absolute atomic E-state index is 0.0371. The van der Waals surface area contributed by atoms with Gasteiger partial charge in [0, 0.05) is 18.1 Å². The quantitative estimate of drug-likeness (QED) is 0.696. The molecule has 0 saturated heterocycles. The van der Waals surface area contributed by atoms with E-state index in [0.717, 1.165) is 36.1 Å². The summed E-state index contributed by atoms with van der Waals surface area (Å²) in [4.78, 5) is 28.5. The van der Waals surface area contributed by atoms with Crippen LogP contribution in [0.15, 0.2) is 24.3 Å². The molecule has 2 N–H and O–H groups in total. The molecule has 1 fully saturated rings. The number of carbonyl (C=O) groups is 2. The van der Waals surface area contributed by atoms with Gasteiger partial charge < -0.3 is 15.1 Å². The number of rotatable bonds is 8. The minimum Gasteiger partial charge on any atom is -0.347 e. The SMILES string of the molecule is CC[NH+](CC(=O)NC(C)(C)C)CC(=O)N(Cc1ccc(F)cc1)C1CCCCC1. The van der Waals surface area contributed by atoms with Crippen molar-refractivity contribution in [3.05, 3.63) is 35.6 Å². The van der Waals surface area contributed by atoms with Gasteiger partial charge in [-0.25, -0.2) is 4.39 Å². The van der Waals surface area contributed by atoms with Crippen molar-refractivity contribution in [3.63, 3.8) is 0 Å². The predicted molar refractivity (Wildman–Crippen MR) is 113 cm³/mol. The summed E-state index contributed by atoms with van der Waals surface area (Å²) in [6.45, 7) is 9.64. The Morgan fingerprint density at radius 2 is 1.72 bits per heavy atom. The molecule has 2 amide bonds. The van der Waals surface area contributed by atoms with Gasteiger partial charge in [0.05, 0.1) is 6.54 Å². The van der Waals surface area contributed by atoms with Crippen molar-refractivity contribution in [1.29, 1.82) is 0 Å². The Morgan fingerprint density at radius 1 is 1.10 bits per heavy atom. The van der Waals surface area contributed by atoms with Crippen molar-refractivity contribution in [3.8, 4) is 0 Å². The lowest BCUT2D eigenvalue weighted by atomic mass is 9.93. The number of halogens is 1. The molecule has 1 aliphatic rings. The van der Waals surface area contributed by atoms with Crippen LogP contribution >= 0.6 is 0 Å². The molecule has 0 heterocycles. The van der Waals surface area contributed by atoms with E-state index in [0.29, 0.717) is 19.6 Å². The maximum atomic E-state index is 13.3. The first-order valence-corrected chi connectivity index (χ1v) is 10.9. The summed E-state index contributed by atoms with van der Waals surface area (Å²) in [7, 11) is 0. The van der Waals surface area contributed by atoms with Crippen molar-refractivity contribution in [2.45, 2.75) is 77.9 Å². The van der Waals surface area contributed by atoms with Crippen molar-refractivity contribution < 1.29 is 18.9 Å². The molecule has 0 aromatic heterocycles. The number of nitrogens with one attached hydrogen (secondary N) is 2. The standard InChI is InChI=1S/C23H36FN3O2/c1-5-26(16-21(28)25-23(2,3)4)17-22(29)27(20-9-7-6-8-10-20)15-18-11-13-19(24)14-12-18/h11-14,20H,5-10,15-17H2,1-4H3,(H,25,28)/p+1. The number of nitrogens with zero attached hydrogens (tertiary/aromatic N) is 1. The fraction of sp³-hybridized carbons (Fsp3) is 0.652. The molecule has 6 heteroatoms. The van der Waals surface area contributed by atoms with Gasteiger partial charge in [-0.3, -0.25) is 9.59 Å². The monoisotopic (exact) mass is 406 g/mol. The fourth-order valence-electron chi connectivity index (χ4n) is 3.92. The van der Waals surface area contributed by atoms with Crippen LogP contribution < -0.4 is 10.2 Å². The van der Waals surface area contributed by atoms with Gasteiger partial charge in [-0.15, -0.1) is 0 Å². The summed E-state index contributed by atoms with van der Waals surface area (Å²) in [6.07, 6.45) is 5.51. The Bertz CT molecular complexity index is 664. The summed E-state index contributed by atoms with van der Waals surface area (Å²) in [5.41, 5.74) is 0.658. The summed E-state index contributed by atoms with van der Waals surface area (Å²) in [6, 6.07) is 6.61. The van der Waals surface area contributed by atoms with Crippen molar-refractivity contribution in [2.24, 2.45) is 0 Å². The van der Waals surface area contributed by atoms with Crippen LogP contribution in [0.25, 0.3) is 0 Å². The number of likely N-dealkylation sites (N-methyl/N-ethyl adjacent to an activating group) is 1. The molecule has 1 saturated carbocycles. The van der Waals surface area contributed by atoms with Gasteiger partial charge in [-0.1, -0.05) is 31.4 Å². The average Bonchev–Trinajstić information content (AvgIpc) is 2.66. The zero-order chi connectivity index (χ0) is 21.4.